The Labute approximate surface area is 103 Å². The minimum atomic E-state index is -3.76. The first-order chi connectivity index (χ1) is 8.43. The van der Waals surface area contributed by atoms with Gasteiger partial charge in [-0.05, 0) is 22.4 Å². The van der Waals surface area contributed by atoms with Gasteiger partial charge in [-0.15, -0.1) is 0 Å². The highest BCUT2D eigenvalue weighted by Gasteiger charge is 2.44. The number of carbonyl (C=O) groups is 1. The Bertz CT molecular complexity index is 593. The van der Waals surface area contributed by atoms with Crippen molar-refractivity contribution in [3.8, 4) is 0 Å². The number of rotatable bonds is 3. The molecule has 0 aromatic heterocycles. The van der Waals surface area contributed by atoms with Gasteiger partial charge in [0.05, 0.1) is 0 Å². The number of hydrogen-bond acceptors (Lipinski definition) is 2. The Balaban J connectivity index is 2.45. The molecule has 0 radical (unpaired) electrons. The van der Waals surface area contributed by atoms with Crippen molar-refractivity contribution < 1.29 is 18.7 Å². The average molecular weight is 250 g/mol. The zero-order valence-electron chi connectivity index (χ0n) is 9.73. The fourth-order valence-electron chi connectivity index (χ4n) is 1.78. The molecule has 18 heavy (non-hydrogen) atoms. The molecule has 1 atom stereocenters. The first kappa shape index (κ1) is 12.6. The van der Waals surface area contributed by atoms with Crippen molar-refractivity contribution in [1.82, 2.24) is 0 Å². The van der Waals surface area contributed by atoms with E-state index < -0.39 is 17.8 Å². The van der Waals surface area contributed by atoms with E-state index in [4.69, 9.17) is 0 Å². The maximum absolute atomic E-state index is 13.4. The molecule has 1 N–H and O–H groups in total. The third-order valence-corrected chi connectivity index (χ3v) is 2.90. The van der Waals surface area contributed by atoms with Gasteiger partial charge in [-0.25, -0.2) is 0 Å². The number of benzene rings is 2. The van der Waals surface area contributed by atoms with E-state index in [2.05, 4.69) is 0 Å². The van der Waals surface area contributed by atoms with Crippen LogP contribution in [0.2, 0.25) is 0 Å². The molecule has 0 aliphatic rings. The largest absolute Gasteiger partial charge is 0.382 e. The summed E-state index contributed by atoms with van der Waals surface area (Å²) in [5.74, 6) is -5.11. The smallest absolute Gasteiger partial charge is 0.334 e. The van der Waals surface area contributed by atoms with Crippen LogP contribution in [0.4, 0.5) is 8.78 Å². The lowest BCUT2D eigenvalue weighted by Gasteiger charge is -2.20. The first-order valence-corrected chi connectivity index (χ1v) is 5.48. The van der Waals surface area contributed by atoms with Gasteiger partial charge < -0.3 is 5.11 Å². The number of alkyl halides is 2. The SMILES string of the molecule is CC(=O)C(F)(F)C(O)c1ccc2ccccc2c1. The van der Waals surface area contributed by atoms with Crippen molar-refractivity contribution in [3.05, 3.63) is 48.0 Å². The predicted octanol–water partition coefficient (Wildman–Crippen LogP) is 3.10. The molecule has 2 rings (SSSR count). The first-order valence-electron chi connectivity index (χ1n) is 5.48. The fraction of sp³-hybridized carbons (Fsp3) is 0.214. The number of fused-ring (bicyclic) bond motifs is 1. The molecule has 2 aromatic carbocycles. The van der Waals surface area contributed by atoms with Crippen molar-refractivity contribution in [2.75, 3.05) is 0 Å². The third kappa shape index (κ3) is 2.11. The van der Waals surface area contributed by atoms with Crippen molar-refractivity contribution in [1.29, 1.82) is 0 Å². The maximum Gasteiger partial charge on any atom is 0.334 e. The summed E-state index contributed by atoms with van der Waals surface area (Å²) < 4.78 is 26.9. The summed E-state index contributed by atoms with van der Waals surface area (Å²) in [5.41, 5.74) is 0.0360. The maximum atomic E-state index is 13.4. The van der Waals surface area contributed by atoms with Crippen LogP contribution in [0, 0.1) is 0 Å². The van der Waals surface area contributed by atoms with Gasteiger partial charge in [0.25, 0.3) is 0 Å². The van der Waals surface area contributed by atoms with Crippen molar-refractivity contribution in [3.63, 3.8) is 0 Å². The van der Waals surface area contributed by atoms with E-state index >= 15 is 0 Å². The molecule has 4 heteroatoms. The van der Waals surface area contributed by atoms with Gasteiger partial charge in [0.15, 0.2) is 0 Å². The van der Waals surface area contributed by atoms with Crippen molar-refractivity contribution >= 4 is 16.6 Å². The minimum Gasteiger partial charge on any atom is -0.382 e. The molecule has 1 unspecified atom stereocenters. The zero-order valence-corrected chi connectivity index (χ0v) is 9.73. The van der Waals surface area contributed by atoms with Crippen molar-refractivity contribution in [2.45, 2.75) is 19.0 Å². The molecule has 2 aromatic rings. The van der Waals surface area contributed by atoms with Crippen LogP contribution in [0.3, 0.4) is 0 Å². The molecular formula is C14H12F2O2. The second-order valence-electron chi connectivity index (χ2n) is 4.19. The highest BCUT2D eigenvalue weighted by Crippen LogP contribution is 2.33. The van der Waals surface area contributed by atoms with Crippen LogP contribution < -0.4 is 0 Å². The van der Waals surface area contributed by atoms with Gasteiger partial charge in [0, 0.05) is 6.92 Å². The molecule has 0 aliphatic carbocycles. The van der Waals surface area contributed by atoms with Crippen LogP contribution in [0.5, 0.6) is 0 Å². The Morgan fingerprint density at radius 1 is 1.17 bits per heavy atom. The molecule has 0 amide bonds. The van der Waals surface area contributed by atoms with E-state index in [-0.39, 0.29) is 5.56 Å². The predicted molar refractivity (Wildman–Crippen MR) is 64.5 cm³/mol. The minimum absolute atomic E-state index is 0.0360. The second-order valence-corrected chi connectivity index (χ2v) is 4.19. The lowest BCUT2D eigenvalue weighted by atomic mass is 9.98. The molecule has 0 aliphatic heterocycles. The Hall–Kier alpha value is -1.81. The molecular weight excluding hydrogens is 238 g/mol. The Morgan fingerprint density at radius 3 is 2.39 bits per heavy atom. The van der Waals surface area contributed by atoms with Crippen LogP contribution in [-0.2, 0) is 4.79 Å². The number of aliphatic hydroxyl groups excluding tert-OH is 1. The van der Waals surface area contributed by atoms with Gasteiger partial charge in [-0.2, -0.15) is 8.78 Å². The summed E-state index contributed by atoms with van der Waals surface area (Å²) in [7, 11) is 0. The standard InChI is InChI=1S/C14H12F2O2/c1-9(17)14(15,16)13(18)12-7-6-10-4-2-3-5-11(10)8-12/h2-8,13,18H,1H3. The van der Waals surface area contributed by atoms with E-state index in [0.29, 0.717) is 0 Å². The lowest BCUT2D eigenvalue weighted by molar-refractivity contribution is -0.159. The van der Waals surface area contributed by atoms with Gasteiger partial charge in [0.2, 0.25) is 5.78 Å². The number of Topliss-reactive ketones (excluding diaryl/α,β-unsaturated/α-hetero) is 1. The molecule has 0 saturated carbocycles. The summed E-state index contributed by atoms with van der Waals surface area (Å²) in [4.78, 5) is 10.8. The van der Waals surface area contributed by atoms with E-state index in [1.807, 2.05) is 12.1 Å². The topological polar surface area (TPSA) is 37.3 Å². The number of halogens is 2. The number of carbonyl (C=O) groups excluding carboxylic acids is 1. The molecule has 0 spiro atoms. The van der Waals surface area contributed by atoms with Crippen LogP contribution in [-0.4, -0.2) is 16.8 Å². The number of ketones is 1. The monoisotopic (exact) mass is 250 g/mol. The normalized spacial score (nSPS) is 13.6. The van der Waals surface area contributed by atoms with Gasteiger partial charge in [-0.3, -0.25) is 4.79 Å². The zero-order chi connectivity index (χ0) is 13.3. The average Bonchev–Trinajstić information content (AvgIpc) is 2.37. The van der Waals surface area contributed by atoms with E-state index in [0.717, 1.165) is 17.7 Å². The van der Waals surface area contributed by atoms with Crippen LogP contribution >= 0.6 is 0 Å². The fourth-order valence-corrected chi connectivity index (χ4v) is 1.78. The van der Waals surface area contributed by atoms with Gasteiger partial charge in [-0.1, -0.05) is 36.4 Å². The van der Waals surface area contributed by atoms with Crippen LogP contribution in [0.1, 0.15) is 18.6 Å². The molecule has 94 valence electrons. The van der Waals surface area contributed by atoms with Crippen LogP contribution in [0.15, 0.2) is 42.5 Å². The highest BCUT2D eigenvalue weighted by atomic mass is 19.3. The number of hydrogen-bond donors (Lipinski definition) is 1. The van der Waals surface area contributed by atoms with E-state index in [1.54, 1.807) is 18.2 Å². The van der Waals surface area contributed by atoms with Crippen LogP contribution in [0.25, 0.3) is 10.8 Å². The van der Waals surface area contributed by atoms with Crippen molar-refractivity contribution in [2.24, 2.45) is 0 Å². The highest BCUT2D eigenvalue weighted by molar-refractivity contribution is 5.85. The quantitative estimate of drug-likeness (QED) is 0.908. The molecule has 0 saturated heterocycles. The van der Waals surface area contributed by atoms with Gasteiger partial charge in [0.1, 0.15) is 6.10 Å². The third-order valence-electron chi connectivity index (χ3n) is 2.90. The Kier molecular flexibility index (Phi) is 3.13. The van der Waals surface area contributed by atoms with E-state index in [1.165, 1.54) is 12.1 Å². The lowest BCUT2D eigenvalue weighted by Crippen LogP contribution is -2.33. The van der Waals surface area contributed by atoms with Gasteiger partial charge >= 0.3 is 5.92 Å². The second kappa shape index (κ2) is 4.46. The van der Waals surface area contributed by atoms with E-state index in [9.17, 15) is 18.7 Å². The summed E-state index contributed by atoms with van der Waals surface area (Å²) in [6.07, 6.45) is -2.11. The molecule has 0 fully saturated rings. The summed E-state index contributed by atoms with van der Waals surface area (Å²) in [5, 5.41) is 11.2. The number of aliphatic hydroxyl groups is 1. The Morgan fingerprint density at radius 2 is 1.78 bits per heavy atom. The summed E-state index contributed by atoms with van der Waals surface area (Å²) in [6, 6.07) is 11.7. The molecule has 2 nitrogen and oxygen atoms in total. The molecule has 0 bridgehead atoms. The summed E-state index contributed by atoms with van der Waals surface area (Å²) in [6.45, 7) is 0.768. The summed E-state index contributed by atoms with van der Waals surface area (Å²) >= 11 is 0. The molecule has 0 heterocycles.